The molecule has 0 bridgehead atoms. The minimum absolute atomic E-state index is 0.0149. The fourth-order valence-corrected chi connectivity index (χ4v) is 3.22. The smallest absolute Gasteiger partial charge is 0.236 e. The van der Waals surface area contributed by atoms with E-state index in [2.05, 4.69) is 16.2 Å². The average molecular weight is 341 g/mol. The molecular weight excluding hydrogens is 316 g/mol. The molecule has 1 aliphatic rings. The van der Waals surface area contributed by atoms with Gasteiger partial charge < -0.3 is 4.74 Å². The van der Waals surface area contributed by atoms with E-state index in [1.54, 1.807) is 16.6 Å². The minimum Gasteiger partial charge on any atom is -0.469 e. The van der Waals surface area contributed by atoms with E-state index in [9.17, 15) is 4.79 Å². The quantitative estimate of drug-likeness (QED) is 0.758. The van der Waals surface area contributed by atoms with Gasteiger partial charge in [-0.25, -0.2) is 10.0 Å². The van der Waals surface area contributed by atoms with Gasteiger partial charge in [-0.05, 0) is 42.7 Å². The molecule has 1 atom stereocenters. The van der Waals surface area contributed by atoms with Gasteiger partial charge in [0, 0.05) is 45.2 Å². The molecule has 133 valence electrons. The number of benzene rings is 1. The van der Waals surface area contributed by atoms with E-state index >= 15 is 0 Å². The van der Waals surface area contributed by atoms with Gasteiger partial charge in [0.2, 0.25) is 5.91 Å². The number of carbonyl (C=O) groups excluding carboxylic acids is 1. The molecule has 1 aliphatic heterocycles. The Morgan fingerprint density at radius 3 is 2.72 bits per heavy atom. The first-order valence-corrected chi connectivity index (χ1v) is 8.80. The highest BCUT2D eigenvalue weighted by Crippen LogP contribution is 2.25. The SMILES string of the molecule is CCC(Oc1c[c]cc(-c2cnn(C)c2)c1)N(C(C)=O)N1CCCC1. The van der Waals surface area contributed by atoms with E-state index in [0.717, 1.165) is 37.1 Å². The van der Waals surface area contributed by atoms with Gasteiger partial charge in [-0.1, -0.05) is 6.92 Å². The molecule has 0 saturated carbocycles. The number of rotatable bonds is 6. The Labute approximate surface area is 149 Å². The maximum absolute atomic E-state index is 12.2. The lowest BCUT2D eigenvalue weighted by atomic mass is 10.1. The van der Waals surface area contributed by atoms with Gasteiger partial charge in [-0.2, -0.15) is 5.10 Å². The Kier molecular flexibility index (Phi) is 5.38. The summed E-state index contributed by atoms with van der Waals surface area (Å²) in [5, 5.41) is 8.08. The third-order valence-corrected chi connectivity index (χ3v) is 4.40. The van der Waals surface area contributed by atoms with Crippen LogP contribution >= 0.6 is 0 Å². The van der Waals surface area contributed by atoms with Gasteiger partial charge in [0.25, 0.3) is 0 Å². The van der Waals surface area contributed by atoms with E-state index in [4.69, 9.17) is 4.74 Å². The molecule has 6 nitrogen and oxygen atoms in total. The molecule has 1 saturated heterocycles. The maximum Gasteiger partial charge on any atom is 0.236 e. The summed E-state index contributed by atoms with van der Waals surface area (Å²) in [6, 6.07) is 8.82. The number of hydrazine groups is 1. The Morgan fingerprint density at radius 1 is 1.36 bits per heavy atom. The van der Waals surface area contributed by atoms with Gasteiger partial charge in [-0.3, -0.25) is 9.48 Å². The van der Waals surface area contributed by atoms with Crippen molar-refractivity contribution in [2.24, 2.45) is 7.05 Å². The Hall–Kier alpha value is -2.34. The zero-order valence-corrected chi connectivity index (χ0v) is 15.1. The van der Waals surface area contributed by atoms with Crippen LogP contribution in [0, 0.1) is 6.07 Å². The predicted molar refractivity (Wildman–Crippen MR) is 95.5 cm³/mol. The monoisotopic (exact) mass is 341 g/mol. The van der Waals surface area contributed by atoms with E-state index in [0.29, 0.717) is 12.2 Å². The molecule has 0 spiro atoms. The largest absolute Gasteiger partial charge is 0.469 e. The Bertz CT molecular complexity index is 722. The number of nitrogens with zero attached hydrogens (tertiary/aromatic N) is 4. The average Bonchev–Trinajstić information content (AvgIpc) is 3.26. The molecule has 3 rings (SSSR count). The van der Waals surface area contributed by atoms with Crippen LogP contribution in [0.25, 0.3) is 11.1 Å². The van der Waals surface area contributed by atoms with Gasteiger partial charge in [0.15, 0.2) is 6.23 Å². The number of aryl methyl sites for hydroxylation is 1. The molecule has 1 unspecified atom stereocenters. The third-order valence-electron chi connectivity index (χ3n) is 4.40. The minimum atomic E-state index is -0.312. The van der Waals surface area contributed by atoms with Crippen LogP contribution in [0.3, 0.4) is 0 Å². The van der Waals surface area contributed by atoms with Crippen LogP contribution in [-0.4, -0.2) is 45.0 Å². The highest BCUT2D eigenvalue weighted by atomic mass is 16.5. The van der Waals surface area contributed by atoms with Crippen LogP contribution in [-0.2, 0) is 11.8 Å². The zero-order chi connectivity index (χ0) is 17.8. The number of amides is 1. The van der Waals surface area contributed by atoms with Crippen LogP contribution in [0.1, 0.15) is 33.1 Å². The predicted octanol–water partition coefficient (Wildman–Crippen LogP) is 2.86. The molecule has 1 aromatic carbocycles. The summed E-state index contributed by atoms with van der Waals surface area (Å²) < 4.78 is 7.94. The summed E-state index contributed by atoms with van der Waals surface area (Å²) in [4.78, 5) is 12.2. The first-order valence-electron chi connectivity index (χ1n) is 8.80. The summed E-state index contributed by atoms with van der Waals surface area (Å²) >= 11 is 0. The van der Waals surface area contributed by atoms with Crippen molar-refractivity contribution in [3.63, 3.8) is 0 Å². The van der Waals surface area contributed by atoms with Crippen molar-refractivity contribution in [2.75, 3.05) is 13.1 Å². The van der Waals surface area contributed by atoms with E-state index in [1.807, 2.05) is 44.6 Å². The zero-order valence-electron chi connectivity index (χ0n) is 15.1. The molecule has 2 heterocycles. The van der Waals surface area contributed by atoms with Crippen LogP contribution < -0.4 is 4.74 Å². The molecule has 1 radical (unpaired) electrons. The number of carbonyl (C=O) groups is 1. The van der Waals surface area contributed by atoms with Gasteiger partial charge in [0.1, 0.15) is 5.75 Å². The van der Waals surface area contributed by atoms with Crippen molar-refractivity contribution in [2.45, 2.75) is 39.3 Å². The molecule has 1 amide bonds. The second-order valence-electron chi connectivity index (χ2n) is 6.37. The summed E-state index contributed by atoms with van der Waals surface area (Å²) in [5.41, 5.74) is 2.01. The van der Waals surface area contributed by atoms with E-state index in [1.165, 1.54) is 0 Å². The normalized spacial score (nSPS) is 16.0. The number of hydrogen-bond acceptors (Lipinski definition) is 4. The fourth-order valence-electron chi connectivity index (χ4n) is 3.22. The molecule has 0 N–H and O–H groups in total. The maximum atomic E-state index is 12.2. The Balaban J connectivity index is 1.80. The van der Waals surface area contributed by atoms with Gasteiger partial charge in [0.05, 0.1) is 6.20 Å². The van der Waals surface area contributed by atoms with Crippen LogP contribution in [0.5, 0.6) is 5.75 Å². The first kappa shape index (κ1) is 17.5. The van der Waals surface area contributed by atoms with Gasteiger partial charge in [-0.15, -0.1) is 0 Å². The summed E-state index contributed by atoms with van der Waals surface area (Å²) in [6.07, 6.45) is 6.41. The summed E-state index contributed by atoms with van der Waals surface area (Å²) in [5.74, 6) is 0.722. The van der Waals surface area contributed by atoms with Crippen molar-refractivity contribution in [3.8, 4) is 16.9 Å². The lowest BCUT2D eigenvalue weighted by Gasteiger charge is -2.36. The van der Waals surface area contributed by atoms with Crippen LogP contribution in [0.15, 0.2) is 30.6 Å². The number of hydrogen-bond donors (Lipinski definition) is 0. The van der Waals surface area contributed by atoms with Crippen molar-refractivity contribution in [3.05, 3.63) is 36.7 Å². The molecule has 1 fully saturated rings. The second-order valence-corrected chi connectivity index (χ2v) is 6.37. The van der Waals surface area contributed by atoms with E-state index in [-0.39, 0.29) is 12.1 Å². The van der Waals surface area contributed by atoms with Crippen molar-refractivity contribution in [1.29, 1.82) is 0 Å². The topological polar surface area (TPSA) is 50.6 Å². The fraction of sp³-hybridized carbons (Fsp3) is 0.474. The molecular formula is C19H25N4O2. The molecule has 0 aliphatic carbocycles. The number of ether oxygens (including phenoxy) is 1. The summed E-state index contributed by atoms with van der Waals surface area (Å²) in [7, 11) is 1.89. The lowest BCUT2D eigenvalue weighted by molar-refractivity contribution is -0.166. The molecule has 1 aromatic heterocycles. The van der Waals surface area contributed by atoms with Crippen LogP contribution in [0.2, 0.25) is 0 Å². The lowest BCUT2D eigenvalue weighted by Crippen LogP contribution is -2.52. The molecule has 6 heteroatoms. The Morgan fingerprint density at radius 2 is 2.12 bits per heavy atom. The molecule has 25 heavy (non-hydrogen) atoms. The first-order chi connectivity index (χ1) is 12.1. The summed E-state index contributed by atoms with van der Waals surface area (Å²) in [6.45, 7) is 5.44. The van der Waals surface area contributed by atoms with Gasteiger partial charge >= 0.3 is 0 Å². The van der Waals surface area contributed by atoms with Crippen molar-refractivity contribution >= 4 is 5.91 Å². The van der Waals surface area contributed by atoms with Crippen LogP contribution in [0.4, 0.5) is 0 Å². The van der Waals surface area contributed by atoms with Crippen molar-refractivity contribution in [1.82, 2.24) is 19.8 Å². The van der Waals surface area contributed by atoms with E-state index < -0.39 is 0 Å². The highest BCUT2D eigenvalue weighted by molar-refractivity contribution is 5.73. The standard InChI is InChI=1S/C19H25N4O2/c1-4-19(23(15(2)24)22-10-5-6-11-22)25-18-9-7-8-16(12-18)17-13-20-21(3)14-17/h8-9,12-14,19H,4-6,10-11H2,1-3H3. The number of aromatic nitrogens is 2. The van der Waals surface area contributed by atoms with Crippen molar-refractivity contribution < 1.29 is 9.53 Å². The highest BCUT2D eigenvalue weighted by Gasteiger charge is 2.29. The third kappa shape index (κ3) is 4.02. The second kappa shape index (κ2) is 7.70. The molecule has 2 aromatic rings.